The van der Waals surface area contributed by atoms with Crippen molar-refractivity contribution in [1.82, 2.24) is 0 Å². The minimum atomic E-state index is 0.605. The van der Waals surface area contributed by atoms with Crippen molar-refractivity contribution >= 4 is 11.6 Å². The molecule has 0 aliphatic rings. The van der Waals surface area contributed by atoms with Crippen LogP contribution in [0.3, 0.4) is 0 Å². The van der Waals surface area contributed by atoms with Crippen LogP contribution >= 0.6 is 11.6 Å². The molecule has 0 unspecified atom stereocenters. The van der Waals surface area contributed by atoms with Gasteiger partial charge in [0.25, 0.3) is 0 Å². The Labute approximate surface area is 101 Å². The normalized spacial score (nSPS) is 10.2. The first kappa shape index (κ1) is 13.1. The quantitative estimate of drug-likeness (QED) is 0.590. The van der Waals surface area contributed by atoms with E-state index in [-0.39, 0.29) is 0 Å². The van der Waals surface area contributed by atoms with Gasteiger partial charge in [0.2, 0.25) is 0 Å². The van der Waals surface area contributed by atoms with Gasteiger partial charge in [-0.1, -0.05) is 6.07 Å². The van der Waals surface area contributed by atoms with Gasteiger partial charge in [0.1, 0.15) is 0 Å². The summed E-state index contributed by atoms with van der Waals surface area (Å²) in [5.74, 6) is 2.11. The maximum absolute atomic E-state index is 5.58. The van der Waals surface area contributed by atoms with Gasteiger partial charge in [0, 0.05) is 5.88 Å². The van der Waals surface area contributed by atoms with Gasteiger partial charge in [-0.25, -0.2) is 0 Å². The average Bonchev–Trinajstić information content (AvgIpc) is 2.31. The molecule has 0 amide bonds. The Morgan fingerprint density at radius 1 is 1.31 bits per heavy atom. The second-order valence-corrected chi connectivity index (χ2v) is 3.79. The number of ether oxygens (including phenoxy) is 2. The highest BCUT2D eigenvalue weighted by Crippen LogP contribution is 2.28. The molecule has 0 spiro atoms. The van der Waals surface area contributed by atoms with Crippen molar-refractivity contribution in [2.75, 3.05) is 26.1 Å². The fourth-order valence-corrected chi connectivity index (χ4v) is 1.50. The molecule has 1 aromatic rings. The second-order valence-electron chi connectivity index (χ2n) is 3.41. The molecule has 0 saturated carbocycles. The van der Waals surface area contributed by atoms with Crippen LogP contribution in [0.1, 0.15) is 12.0 Å². The van der Waals surface area contributed by atoms with Gasteiger partial charge in [0.05, 0.1) is 13.7 Å². The van der Waals surface area contributed by atoms with Crippen LogP contribution in [0, 0.1) is 0 Å². The van der Waals surface area contributed by atoms with Gasteiger partial charge < -0.3 is 15.2 Å². The lowest BCUT2D eigenvalue weighted by Crippen LogP contribution is -2.04. The maximum atomic E-state index is 5.58. The molecule has 0 fully saturated rings. The van der Waals surface area contributed by atoms with E-state index < -0.39 is 0 Å². The van der Waals surface area contributed by atoms with E-state index >= 15 is 0 Å². The van der Waals surface area contributed by atoms with E-state index in [1.54, 1.807) is 7.11 Å². The fraction of sp³-hybridized carbons (Fsp3) is 0.500. The van der Waals surface area contributed by atoms with Gasteiger partial charge in [-0.3, -0.25) is 0 Å². The summed E-state index contributed by atoms with van der Waals surface area (Å²) in [5.41, 5.74) is 6.66. The highest BCUT2D eigenvalue weighted by Gasteiger charge is 2.05. The lowest BCUT2D eigenvalue weighted by atomic mass is 10.1. The molecule has 0 aliphatic carbocycles. The first-order chi connectivity index (χ1) is 7.81. The van der Waals surface area contributed by atoms with E-state index in [0.717, 1.165) is 29.9 Å². The van der Waals surface area contributed by atoms with Crippen LogP contribution in [-0.4, -0.2) is 26.1 Å². The van der Waals surface area contributed by atoms with Crippen molar-refractivity contribution in [2.24, 2.45) is 5.73 Å². The number of nitrogens with two attached hydrogens (primary N) is 1. The lowest BCUT2D eigenvalue weighted by Gasteiger charge is -2.11. The lowest BCUT2D eigenvalue weighted by molar-refractivity contribution is 0.295. The molecule has 0 bridgehead atoms. The molecule has 0 aromatic heterocycles. The third-order valence-corrected chi connectivity index (χ3v) is 2.46. The topological polar surface area (TPSA) is 44.5 Å². The Balaban J connectivity index is 2.68. The highest BCUT2D eigenvalue weighted by molar-refractivity contribution is 6.17. The Hall–Kier alpha value is -0.930. The minimum absolute atomic E-state index is 0.605. The Kier molecular flexibility index (Phi) is 6.04. The third-order valence-electron chi connectivity index (χ3n) is 2.20. The van der Waals surface area contributed by atoms with E-state index in [2.05, 4.69) is 0 Å². The van der Waals surface area contributed by atoms with Crippen molar-refractivity contribution in [3.63, 3.8) is 0 Å². The van der Waals surface area contributed by atoms with Crippen LogP contribution in [0.2, 0.25) is 0 Å². The number of halogens is 1. The first-order valence-corrected chi connectivity index (χ1v) is 5.91. The molecular weight excluding hydrogens is 226 g/mol. The molecule has 16 heavy (non-hydrogen) atoms. The molecule has 4 heteroatoms. The number of hydrogen-bond donors (Lipinski definition) is 1. The summed E-state index contributed by atoms with van der Waals surface area (Å²) in [4.78, 5) is 0. The van der Waals surface area contributed by atoms with Crippen molar-refractivity contribution in [3.05, 3.63) is 23.8 Å². The molecule has 0 saturated heterocycles. The summed E-state index contributed by atoms with van der Waals surface area (Å²) >= 11 is 5.58. The molecule has 0 radical (unpaired) electrons. The van der Waals surface area contributed by atoms with Gasteiger partial charge in [-0.05, 0) is 37.1 Å². The summed E-state index contributed by atoms with van der Waals surface area (Å²) in [6.45, 7) is 1.24. The molecular formula is C12H18ClNO2. The minimum Gasteiger partial charge on any atom is -0.493 e. The Bertz CT molecular complexity index is 318. The average molecular weight is 244 g/mol. The predicted molar refractivity (Wildman–Crippen MR) is 66.6 cm³/mol. The van der Waals surface area contributed by atoms with Crippen molar-refractivity contribution in [1.29, 1.82) is 0 Å². The van der Waals surface area contributed by atoms with Crippen LogP contribution in [0.4, 0.5) is 0 Å². The van der Waals surface area contributed by atoms with Crippen molar-refractivity contribution < 1.29 is 9.47 Å². The van der Waals surface area contributed by atoms with Crippen LogP contribution in [0.5, 0.6) is 11.5 Å². The molecule has 2 N–H and O–H groups in total. The summed E-state index contributed by atoms with van der Waals surface area (Å²) in [6.07, 6.45) is 1.67. The van der Waals surface area contributed by atoms with Crippen LogP contribution in [-0.2, 0) is 6.42 Å². The van der Waals surface area contributed by atoms with E-state index in [4.69, 9.17) is 26.8 Å². The molecule has 3 nitrogen and oxygen atoms in total. The highest BCUT2D eigenvalue weighted by atomic mass is 35.5. The van der Waals surface area contributed by atoms with Crippen molar-refractivity contribution in [3.8, 4) is 11.5 Å². The number of rotatable bonds is 7. The van der Waals surface area contributed by atoms with Crippen LogP contribution in [0.15, 0.2) is 18.2 Å². The van der Waals surface area contributed by atoms with E-state index in [1.165, 1.54) is 0 Å². The number of hydrogen-bond acceptors (Lipinski definition) is 3. The Morgan fingerprint density at radius 3 is 2.75 bits per heavy atom. The van der Waals surface area contributed by atoms with Gasteiger partial charge >= 0.3 is 0 Å². The maximum Gasteiger partial charge on any atom is 0.161 e. The fourth-order valence-electron chi connectivity index (χ4n) is 1.39. The molecule has 1 rings (SSSR count). The molecule has 0 aliphatic heterocycles. The zero-order chi connectivity index (χ0) is 11.8. The number of benzene rings is 1. The zero-order valence-electron chi connectivity index (χ0n) is 9.54. The smallest absolute Gasteiger partial charge is 0.161 e. The summed E-state index contributed by atoms with van der Waals surface area (Å²) in [6, 6.07) is 5.88. The van der Waals surface area contributed by atoms with Crippen LogP contribution < -0.4 is 15.2 Å². The van der Waals surface area contributed by atoms with Crippen LogP contribution in [0.25, 0.3) is 0 Å². The van der Waals surface area contributed by atoms with Gasteiger partial charge in [-0.2, -0.15) is 0 Å². The van der Waals surface area contributed by atoms with Gasteiger partial charge in [0.15, 0.2) is 11.5 Å². The van der Waals surface area contributed by atoms with Gasteiger partial charge in [-0.15, -0.1) is 11.6 Å². The molecule has 0 atom stereocenters. The standard InChI is InChI=1S/C12H18ClNO2/c1-15-12-9-10(5-7-14)3-4-11(12)16-8-2-6-13/h3-4,9H,2,5-8,14H2,1H3. The number of alkyl halides is 1. The second kappa shape index (κ2) is 7.36. The SMILES string of the molecule is COc1cc(CCN)ccc1OCCCCl. The third kappa shape index (κ3) is 3.91. The Morgan fingerprint density at radius 2 is 2.12 bits per heavy atom. The summed E-state index contributed by atoms with van der Waals surface area (Å²) < 4.78 is 10.8. The first-order valence-electron chi connectivity index (χ1n) is 5.37. The molecule has 1 aromatic carbocycles. The zero-order valence-corrected chi connectivity index (χ0v) is 10.3. The summed E-state index contributed by atoms with van der Waals surface area (Å²) in [5, 5.41) is 0. The van der Waals surface area contributed by atoms with E-state index in [1.807, 2.05) is 18.2 Å². The largest absolute Gasteiger partial charge is 0.493 e. The predicted octanol–water partition coefficient (Wildman–Crippen LogP) is 2.20. The molecule has 0 heterocycles. The monoisotopic (exact) mass is 243 g/mol. The van der Waals surface area contributed by atoms with Crippen molar-refractivity contribution in [2.45, 2.75) is 12.8 Å². The van der Waals surface area contributed by atoms with E-state index in [0.29, 0.717) is 19.0 Å². The summed E-state index contributed by atoms with van der Waals surface area (Å²) in [7, 11) is 1.63. The van der Waals surface area contributed by atoms with E-state index in [9.17, 15) is 0 Å². The molecule has 90 valence electrons. The number of methoxy groups -OCH3 is 1.